The van der Waals surface area contributed by atoms with Gasteiger partial charge >= 0.3 is 12.1 Å². The molecule has 3 aromatic rings. The van der Waals surface area contributed by atoms with Crippen molar-refractivity contribution >= 4 is 28.8 Å². The quantitative estimate of drug-likeness (QED) is 0.286. The summed E-state index contributed by atoms with van der Waals surface area (Å²) in [5.74, 6) is -0.618. The molecule has 9 heteroatoms. The summed E-state index contributed by atoms with van der Waals surface area (Å²) in [5.41, 5.74) is 0.901. The lowest BCUT2D eigenvalue weighted by Crippen LogP contribution is -2.47. The first-order valence-electron chi connectivity index (χ1n) is 11.8. The summed E-state index contributed by atoms with van der Waals surface area (Å²) in [6.07, 6.45) is -0.792. The van der Waals surface area contributed by atoms with Crippen molar-refractivity contribution in [1.82, 2.24) is 9.88 Å². The van der Waals surface area contributed by atoms with Crippen LogP contribution in [0.2, 0.25) is 0 Å². The number of H-pyrrole nitrogens is 1. The van der Waals surface area contributed by atoms with Crippen molar-refractivity contribution in [2.24, 2.45) is 0 Å². The number of hydrogen-bond acceptors (Lipinski definition) is 8. The smallest absolute Gasteiger partial charge is 0.506 e. The van der Waals surface area contributed by atoms with E-state index in [2.05, 4.69) is 4.98 Å². The molecule has 3 rings (SSSR count). The van der Waals surface area contributed by atoms with Crippen LogP contribution < -0.4 is 4.74 Å². The molecule has 0 radical (unpaired) electrons. The summed E-state index contributed by atoms with van der Waals surface area (Å²) < 4.78 is 15.1. The molecule has 2 aromatic carbocycles. The van der Waals surface area contributed by atoms with Crippen LogP contribution in [-0.4, -0.2) is 58.2 Å². The third kappa shape index (κ3) is 6.63. The van der Waals surface area contributed by atoms with Crippen LogP contribution in [0.1, 0.15) is 50.0 Å². The Morgan fingerprint density at radius 2 is 1.69 bits per heavy atom. The molecule has 1 aromatic heterocycles. The highest BCUT2D eigenvalue weighted by Gasteiger charge is 2.32. The highest BCUT2D eigenvalue weighted by atomic mass is 16.7. The Morgan fingerprint density at radius 1 is 1.00 bits per heavy atom. The van der Waals surface area contributed by atoms with Crippen LogP contribution in [0.4, 0.5) is 4.79 Å². The summed E-state index contributed by atoms with van der Waals surface area (Å²) in [6.45, 7) is 8.06. The Kier molecular flexibility index (Phi) is 8.71. The Bertz CT molecular complexity index is 1220. The number of carbonyl (C=O) groups excluding carboxylic acids is 3. The van der Waals surface area contributed by atoms with Crippen molar-refractivity contribution < 1.29 is 33.7 Å². The third-order valence-corrected chi connectivity index (χ3v) is 5.79. The first kappa shape index (κ1) is 26.7. The van der Waals surface area contributed by atoms with E-state index in [1.54, 1.807) is 13.8 Å². The van der Waals surface area contributed by atoms with Crippen LogP contribution in [0.15, 0.2) is 48.5 Å². The van der Waals surface area contributed by atoms with E-state index < -0.39 is 11.7 Å². The third-order valence-electron chi connectivity index (χ3n) is 5.79. The number of phenolic OH excluding ortho intramolecular Hbond substituents is 1. The summed E-state index contributed by atoms with van der Waals surface area (Å²) >= 11 is 0. The van der Waals surface area contributed by atoms with E-state index in [4.69, 9.17) is 14.2 Å². The lowest BCUT2D eigenvalue weighted by molar-refractivity contribution is -0.146. The highest BCUT2D eigenvalue weighted by Crippen LogP contribution is 2.32. The zero-order valence-corrected chi connectivity index (χ0v) is 21.0. The maximum atomic E-state index is 13.6. The number of carbonyl (C=O) groups is 3. The molecule has 0 saturated carbocycles. The Balaban J connectivity index is 1.92. The number of esters is 1. The average Bonchev–Trinajstić information content (AvgIpc) is 3.23. The number of Topliss-reactive ketones (excluding diaryl/α,β-unsaturated/α-hetero) is 1. The molecular weight excluding hydrogens is 464 g/mol. The average molecular weight is 497 g/mol. The van der Waals surface area contributed by atoms with E-state index >= 15 is 0 Å². The fourth-order valence-electron chi connectivity index (χ4n) is 3.94. The standard InChI is InChI=1S/C27H32N2O7/c1-5-34-24(32)15-27(3,4)29(16-18-10-8-7-9-11-18)17-22(31)19-12-13-21(30)25-20(19)14-23(28-25)36-26(33)35-6-2/h7-14,28,30H,5-6,15-17H2,1-4H3. The molecule has 0 atom stereocenters. The molecule has 1 heterocycles. The van der Waals surface area contributed by atoms with Gasteiger partial charge in [-0.25, -0.2) is 4.79 Å². The number of aromatic hydroxyl groups is 1. The molecule has 0 saturated heterocycles. The van der Waals surface area contributed by atoms with Crippen molar-refractivity contribution in [3.05, 3.63) is 59.7 Å². The normalized spacial score (nSPS) is 11.5. The molecule has 0 aliphatic carbocycles. The number of nitrogens with one attached hydrogen (secondary N) is 1. The molecule has 0 fully saturated rings. The van der Waals surface area contributed by atoms with E-state index in [0.717, 1.165) is 5.56 Å². The van der Waals surface area contributed by atoms with Gasteiger partial charge in [0, 0.05) is 29.1 Å². The zero-order chi connectivity index (χ0) is 26.3. The first-order valence-corrected chi connectivity index (χ1v) is 11.8. The second kappa shape index (κ2) is 11.7. The van der Waals surface area contributed by atoms with E-state index in [-0.39, 0.29) is 55.1 Å². The van der Waals surface area contributed by atoms with Gasteiger partial charge in [-0.1, -0.05) is 30.3 Å². The molecule has 0 amide bonds. The van der Waals surface area contributed by atoms with Gasteiger partial charge in [0.1, 0.15) is 5.75 Å². The summed E-state index contributed by atoms with van der Waals surface area (Å²) in [6, 6.07) is 14.1. The molecule has 2 N–H and O–H groups in total. The monoisotopic (exact) mass is 496 g/mol. The SMILES string of the molecule is CCOC(=O)CC(C)(C)N(CC(=O)c1ccc(O)c2[nH]c(OC(=O)OCC)cc12)Cc1ccccc1. The van der Waals surface area contributed by atoms with Crippen molar-refractivity contribution in [3.8, 4) is 11.6 Å². The topological polar surface area (TPSA) is 118 Å². The van der Waals surface area contributed by atoms with Crippen molar-refractivity contribution in [3.63, 3.8) is 0 Å². The van der Waals surface area contributed by atoms with Crippen LogP contribution in [0, 0.1) is 0 Å². The number of nitrogens with zero attached hydrogens (tertiary/aromatic N) is 1. The number of aromatic nitrogens is 1. The fourth-order valence-corrected chi connectivity index (χ4v) is 3.94. The van der Waals surface area contributed by atoms with Gasteiger partial charge in [-0.15, -0.1) is 0 Å². The predicted octanol–water partition coefficient (Wildman–Crippen LogP) is 4.83. The van der Waals surface area contributed by atoms with E-state index in [1.807, 2.05) is 49.1 Å². The van der Waals surface area contributed by atoms with Gasteiger partial charge in [-0.2, -0.15) is 0 Å². The minimum Gasteiger partial charge on any atom is -0.506 e. The lowest BCUT2D eigenvalue weighted by Gasteiger charge is -2.37. The molecule has 0 spiro atoms. The van der Waals surface area contributed by atoms with Crippen LogP contribution in [0.5, 0.6) is 11.6 Å². The summed E-state index contributed by atoms with van der Waals surface area (Å²) in [4.78, 5) is 42.3. The second-order valence-corrected chi connectivity index (χ2v) is 8.90. The molecule has 36 heavy (non-hydrogen) atoms. The molecule has 0 aliphatic heterocycles. The predicted molar refractivity (Wildman–Crippen MR) is 134 cm³/mol. The lowest BCUT2D eigenvalue weighted by atomic mass is 9.95. The summed E-state index contributed by atoms with van der Waals surface area (Å²) in [7, 11) is 0. The van der Waals surface area contributed by atoms with Crippen molar-refractivity contribution in [2.75, 3.05) is 19.8 Å². The highest BCUT2D eigenvalue weighted by molar-refractivity contribution is 6.10. The Hall–Kier alpha value is -3.85. The molecule has 0 aliphatic rings. The van der Waals surface area contributed by atoms with Gasteiger partial charge < -0.3 is 24.3 Å². The van der Waals surface area contributed by atoms with Gasteiger partial charge in [-0.3, -0.25) is 14.5 Å². The summed E-state index contributed by atoms with van der Waals surface area (Å²) in [5, 5.41) is 10.7. The minimum atomic E-state index is -0.897. The van der Waals surface area contributed by atoms with E-state index in [9.17, 15) is 19.5 Å². The van der Waals surface area contributed by atoms with Crippen LogP contribution in [-0.2, 0) is 20.8 Å². The van der Waals surface area contributed by atoms with Gasteiger partial charge in [-0.05, 0) is 45.4 Å². The van der Waals surface area contributed by atoms with Crippen molar-refractivity contribution in [2.45, 2.75) is 46.2 Å². The maximum absolute atomic E-state index is 13.6. The number of ether oxygens (including phenoxy) is 3. The number of rotatable bonds is 11. The van der Waals surface area contributed by atoms with Gasteiger partial charge in [0.15, 0.2) is 5.78 Å². The molecule has 192 valence electrons. The van der Waals surface area contributed by atoms with E-state index in [1.165, 1.54) is 18.2 Å². The fraction of sp³-hybridized carbons (Fsp3) is 0.370. The Morgan fingerprint density at radius 3 is 2.36 bits per heavy atom. The number of hydrogen-bond donors (Lipinski definition) is 2. The number of phenols is 1. The van der Waals surface area contributed by atoms with Gasteiger partial charge in [0.05, 0.1) is 31.7 Å². The molecule has 0 unspecified atom stereocenters. The van der Waals surface area contributed by atoms with E-state index in [0.29, 0.717) is 17.5 Å². The number of benzene rings is 2. The van der Waals surface area contributed by atoms with Crippen LogP contribution >= 0.6 is 0 Å². The van der Waals surface area contributed by atoms with Gasteiger partial charge in [0.2, 0.25) is 5.88 Å². The van der Waals surface area contributed by atoms with Gasteiger partial charge in [0.25, 0.3) is 0 Å². The Labute approximate surface area is 210 Å². The first-order chi connectivity index (χ1) is 17.1. The molecule has 9 nitrogen and oxygen atoms in total. The second-order valence-electron chi connectivity index (χ2n) is 8.90. The number of fused-ring (bicyclic) bond motifs is 1. The maximum Gasteiger partial charge on any atom is 0.515 e. The molecule has 0 bridgehead atoms. The van der Waals surface area contributed by atoms with Crippen molar-refractivity contribution in [1.29, 1.82) is 0 Å². The zero-order valence-electron chi connectivity index (χ0n) is 21.0. The van der Waals surface area contributed by atoms with Crippen LogP contribution in [0.3, 0.4) is 0 Å². The number of ketones is 1. The van der Waals surface area contributed by atoms with Crippen LogP contribution in [0.25, 0.3) is 10.9 Å². The molecular formula is C27H32N2O7. The largest absolute Gasteiger partial charge is 0.515 e. The number of aromatic amines is 1. The minimum absolute atomic E-state index is 0.000418.